The van der Waals surface area contributed by atoms with Gasteiger partial charge in [-0.15, -0.1) is 0 Å². The number of carboxylic acid groups (broad SMARTS) is 3. The standard InChI is InChI=1S/3C9H10O2.In/c3*1-2-7-3-5-8(6-4-7)9(10)11;/h3*3-6H,2H2,1H3,(H,10,11);/q;;;+3/p-3. The molecule has 0 radical (unpaired) electrons. The first kappa shape index (κ1) is 30.9. The number of hydrogen-bond acceptors (Lipinski definition) is 6. The van der Waals surface area contributed by atoms with Crippen LogP contribution >= 0.6 is 0 Å². The number of hydrogen-bond donors (Lipinski definition) is 0. The summed E-state index contributed by atoms with van der Waals surface area (Å²) in [7, 11) is 0. The fourth-order valence-corrected chi connectivity index (χ4v) is 2.63. The van der Waals surface area contributed by atoms with E-state index in [-0.39, 0.29) is 42.5 Å². The van der Waals surface area contributed by atoms with Gasteiger partial charge in [0.2, 0.25) is 0 Å². The second-order valence-corrected chi connectivity index (χ2v) is 7.01. The Hall–Kier alpha value is -3.06. The van der Waals surface area contributed by atoms with Gasteiger partial charge in [-0.1, -0.05) is 93.6 Å². The number of benzene rings is 3. The first-order valence-corrected chi connectivity index (χ1v) is 10.6. The summed E-state index contributed by atoms with van der Waals surface area (Å²) in [6, 6.07) is 20.2. The van der Waals surface area contributed by atoms with Gasteiger partial charge in [-0.3, -0.25) is 0 Å². The minimum atomic E-state index is -1.12. The van der Waals surface area contributed by atoms with Crippen molar-refractivity contribution in [1.29, 1.82) is 0 Å². The van der Waals surface area contributed by atoms with Gasteiger partial charge in [0.1, 0.15) is 0 Å². The Labute approximate surface area is 219 Å². The van der Waals surface area contributed by atoms with Crippen LogP contribution in [-0.2, 0) is 19.3 Å². The zero-order chi connectivity index (χ0) is 24.8. The molecule has 0 aromatic heterocycles. The molecular formula is C27H27InO6. The summed E-state index contributed by atoms with van der Waals surface area (Å²) in [5, 5.41) is 30.9. The maximum Gasteiger partial charge on any atom is 3.00 e. The molecule has 7 heteroatoms. The Morgan fingerprint density at radius 3 is 0.765 bits per heavy atom. The molecule has 3 rings (SSSR count). The number of carbonyl (C=O) groups is 3. The number of aromatic carboxylic acids is 3. The molecule has 0 spiro atoms. The van der Waals surface area contributed by atoms with Gasteiger partial charge in [0, 0.05) is 0 Å². The van der Waals surface area contributed by atoms with Crippen molar-refractivity contribution in [2.24, 2.45) is 0 Å². The topological polar surface area (TPSA) is 120 Å². The third-order valence-electron chi connectivity index (χ3n) is 4.79. The normalized spacial score (nSPS) is 9.26. The second-order valence-electron chi connectivity index (χ2n) is 7.01. The van der Waals surface area contributed by atoms with Crippen LogP contribution in [0.25, 0.3) is 0 Å². The van der Waals surface area contributed by atoms with Crippen LogP contribution in [0.15, 0.2) is 72.8 Å². The van der Waals surface area contributed by atoms with E-state index in [0.29, 0.717) is 0 Å². The largest absolute Gasteiger partial charge is 3.00 e. The van der Waals surface area contributed by atoms with Crippen molar-refractivity contribution >= 4 is 43.8 Å². The van der Waals surface area contributed by atoms with E-state index in [1.54, 1.807) is 72.8 Å². The molecular weight excluding hydrogens is 535 g/mol. The van der Waals surface area contributed by atoms with E-state index in [1.165, 1.54) is 0 Å². The van der Waals surface area contributed by atoms with Crippen LogP contribution in [0, 0.1) is 0 Å². The molecule has 0 aliphatic rings. The summed E-state index contributed by atoms with van der Waals surface area (Å²) in [6.07, 6.45) is 2.77. The van der Waals surface area contributed by atoms with Gasteiger partial charge in [0.25, 0.3) is 0 Å². The van der Waals surface area contributed by atoms with E-state index in [9.17, 15) is 29.7 Å². The third kappa shape index (κ3) is 11.2. The van der Waals surface area contributed by atoms with Crippen molar-refractivity contribution in [1.82, 2.24) is 0 Å². The van der Waals surface area contributed by atoms with Crippen molar-refractivity contribution in [3.05, 3.63) is 106 Å². The molecule has 0 atom stereocenters. The number of carboxylic acids is 3. The Morgan fingerprint density at radius 2 is 0.647 bits per heavy atom. The predicted octanol–water partition coefficient (Wildman–Crippen LogP) is 1.46. The maximum atomic E-state index is 10.3. The van der Waals surface area contributed by atoms with Crippen LogP contribution in [0.3, 0.4) is 0 Å². The predicted molar refractivity (Wildman–Crippen MR) is 126 cm³/mol. The first-order valence-electron chi connectivity index (χ1n) is 10.6. The summed E-state index contributed by atoms with van der Waals surface area (Å²) in [6.45, 7) is 6.07. The van der Waals surface area contributed by atoms with Crippen LogP contribution in [0.1, 0.15) is 68.5 Å². The van der Waals surface area contributed by atoms with Crippen LogP contribution in [0.5, 0.6) is 0 Å². The Morgan fingerprint density at radius 1 is 0.471 bits per heavy atom. The van der Waals surface area contributed by atoms with Gasteiger partial charge in [-0.05, 0) is 52.6 Å². The van der Waals surface area contributed by atoms with Crippen molar-refractivity contribution in [3.63, 3.8) is 0 Å². The molecule has 3 aromatic carbocycles. The van der Waals surface area contributed by atoms with E-state index in [2.05, 4.69) is 0 Å². The van der Waals surface area contributed by atoms with Crippen molar-refractivity contribution in [2.75, 3.05) is 0 Å². The van der Waals surface area contributed by atoms with Gasteiger partial charge in [0.05, 0.1) is 17.9 Å². The van der Waals surface area contributed by atoms with Crippen molar-refractivity contribution in [3.8, 4) is 0 Å². The first-order chi connectivity index (χ1) is 15.7. The number of aryl methyl sites for hydroxylation is 3. The summed E-state index contributed by atoms with van der Waals surface area (Å²) in [5.74, 6) is -3.35. The Kier molecular flexibility index (Phi) is 15.0. The summed E-state index contributed by atoms with van der Waals surface area (Å²) >= 11 is 0. The molecule has 174 valence electrons. The van der Waals surface area contributed by atoms with Gasteiger partial charge in [-0.2, -0.15) is 0 Å². The molecule has 0 heterocycles. The summed E-state index contributed by atoms with van der Waals surface area (Å²) < 4.78 is 0. The summed E-state index contributed by atoms with van der Waals surface area (Å²) in [5.41, 5.74) is 4.12. The molecule has 0 aliphatic carbocycles. The quantitative estimate of drug-likeness (QED) is 0.449. The van der Waals surface area contributed by atoms with E-state index in [4.69, 9.17) is 0 Å². The van der Waals surface area contributed by atoms with Crippen LogP contribution < -0.4 is 15.3 Å². The van der Waals surface area contributed by atoms with Crippen molar-refractivity contribution < 1.29 is 29.7 Å². The Bertz CT molecular complexity index is 890. The molecule has 0 saturated heterocycles. The Balaban J connectivity index is 0.000000473. The minimum absolute atomic E-state index is 0. The molecule has 0 N–H and O–H groups in total. The smallest absolute Gasteiger partial charge is 0.545 e. The molecule has 0 bridgehead atoms. The van der Waals surface area contributed by atoms with Crippen molar-refractivity contribution in [2.45, 2.75) is 40.0 Å². The van der Waals surface area contributed by atoms with E-state index in [1.807, 2.05) is 20.8 Å². The maximum absolute atomic E-state index is 10.3. The van der Waals surface area contributed by atoms with Gasteiger partial charge in [0.15, 0.2) is 0 Å². The average molecular weight is 562 g/mol. The average Bonchev–Trinajstić information content (AvgIpc) is 2.84. The SMILES string of the molecule is CCc1ccc(C(=O)[O-])cc1.CCc1ccc(C(=O)[O-])cc1.CCc1ccc(C(=O)[O-])cc1.[In+3]. The zero-order valence-corrected chi connectivity index (χ0v) is 22.9. The number of rotatable bonds is 6. The van der Waals surface area contributed by atoms with Crippen LogP contribution in [-0.4, -0.2) is 43.8 Å². The zero-order valence-electron chi connectivity index (χ0n) is 19.6. The fourth-order valence-electron chi connectivity index (χ4n) is 2.63. The molecule has 6 nitrogen and oxygen atoms in total. The minimum Gasteiger partial charge on any atom is -0.545 e. The molecule has 0 saturated carbocycles. The molecule has 0 amide bonds. The summed E-state index contributed by atoms with van der Waals surface area (Å²) in [4.78, 5) is 30.9. The number of carbonyl (C=O) groups excluding carboxylic acids is 3. The van der Waals surface area contributed by atoms with E-state index < -0.39 is 17.9 Å². The molecule has 0 unspecified atom stereocenters. The van der Waals surface area contributed by atoms with E-state index >= 15 is 0 Å². The molecule has 0 aliphatic heterocycles. The third-order valence-corrected chi connectivity index (χ3v) is 4.79. The van der Waals surface area contributed by atoms with Crippen LogP contribution in [0.4, 0.5) is 0 Å². The monoisotopic (exact) mass is 562 g/mol. The fraction of sp³-hybridized carbons (Fsp3) is 0.222. The molecule has 0 fully saturated rings. The molecule has 3 aromatic rings. The van der Waals surface area contributed by atoms with Crippen LogP contribution in [0.2, 0.25) is 0 Å². The molecule has 34 heavy (non-hydrogen) atoms. The van der Waals surface area contributed by atoms with E-state index in [0.717, 1.165) is 36.0 Å². The van der Waals surface area contributed by atoms with Gasteiger partial charge < -0.3 is 29.7 Å². The second kappa shape index (κ2) is 16.5. The van der Waals surface area contributed by atoms with Gasteiger partial charge in [-0.25, -0.2) is 0 Å². The van der Waals surface area contributed by atoms with Gasteiger partial charge >= 0.3 is 25.8 Å².